The zero-order valence-electron chi connectivity index (χ0n) is 9.85. The summed E-state index contributed by atoms with van der Waals surface area (Å²) in [5.41, 5.74) is 0. The van der Waals surface area contributed by atoms with E-state index in [1.165, 1.54) is 37.3 Å². The molecule has 0 spiro atoms. The second kappa shape index (κ2) is 6.15. The van der Waals surface area contributed by atoms with E-state index in [0.29, 0.717) is 0 Å². The summed E-state index contributed by atoms with van der Waals surface area (Å²) < 4.78 is 4.09. The number of hydrogen-bond acceptors (Lipinski definition) is 5. The van der Waals surface area contributed by atoms with Crippen LogP contribution in [0.5, 0.6) is 0 Å². The van der Waals surface area contributed by atoms with Crippen molar-refractivity contribution in [1.82, 2.24) is 14.7 Å². The van der Waals surface area contributed by atoms with Crippen molar-refractivity contribution in [1.29, 1.82) is 0 Å². The van der Waals surface area contributed by atoms with Crippen LogP contribution in [-0.2, 0) is 0 Å². The van der Waals surface area contributed by atoms with Gasteiger partial charge < -0.3 is 10.2 Å². The molecule has 1 aliphatic rings. The number of nitrogens with one attached hydrogen (secondary N) is 1. The number of piperidine rings is 1. The Hall–Kier alpha value is -0.680. The first-order valence-corrected chi connectivity index (χ1v) is 6.90. The van der Waals surface area contributed by atoms with Gasteiger partial charge in [0.05, 0.1) is 0 Å². The fourth-order valence-corrected chi connectivity index (χ4v) is 2.80. The van der Waals surface area contributed by atoms with Gasteiger partial charge in [-0.3, -0.25) is 0 Å². The second-order valence-electron chi connectivity index (χ2n) is 4.38. The molecule has 1 aromatic heterocycles. The van der Waals surface area contributed by atoms with E-state index in [1.807, 2.05) is 0 Å². The minimum absolute atomic E-state index is 0.768. The van der Waals surface area contributed by atoms with Crippen LogP contribution < -0.4 is 10.2 Å². The van der Waals surface area contributed by atoms with E-state index in [0.717, 1.165) is 30.7 Å². The SMILES string of the molecule is CCCN(CC1CCCNC1)c1ncns1. The average molecular weight is 240 g/mol. The zero-order chi connectivity index (χ0) is 11.2. The third-order valence-corrected chi connectivity index (χ3v) is 3.72. The van der Waals surface area contributed by atoms with Gasteiger partial charge in [-0.05, 0) is 38.3 Å². The maximum atomic E-state index is 4.31. The molecule has 0 radical (unpaired) electrons. The summed E-state index contributed by atoms with van der Waals surface area (Å²) in [4.78, 5) is 6.70. The molecule has 2 heterocycles. The Bertz CT molecular complexity index is 282. The fraction of sp³-hybridized carbons (Fsp3) is 0.818. The van der Waals surface area contributed by atoms with E-state index >= 15 is 0 Å². The van der Waals surface area contributed by atoms with Crippen LogP contribution >= 0.6 is 11.5 Å². The molecule has 5 heteroatoms. The molecule has 1 fully saturated rings. The molecule has 4 nitrogen and oxygen atoms in total. The van der Waals surface area contributed by atoms with Crippen LogP contribution in [0.15, 0.2) is 6.33 Å². The van der Waals surface area contributed by atoms with Gasteiger partial charge in [0, 0.05) is 24.6 Å². The van der Waals surface area contributed by atoms with Crippen molar-refractivity contribution < 1.29 is 0 Å². The molecule has 1 saturated heterocycles. The van der Waals surface area contributed by atoms with Gasteiger partial charge in [-0.1, -0.05) is 6.92 Å². The summed E-state index contributed by atoms with van der Waals surface area (Å²) in [7, 11) is 0. The number of rotatable bonds is 5. The number of anilines is 1. The third kappa shape index (κ3) is 3.15. The highest BCUT2D eigenvalue weighted by Gasteiger charge is 2.18. The molecule has 2 rings (SSSR count). The van der Waals surface area contributed by atoms with Gasteiger partial charge in [-0.15, -0.1) is 0 Å². The normalized spacial score (nSPS) is 20.9. The quantitative estimate of drug-likeness (QED) is 0.851. The lowest BCUT2D eigenvalue weighted by molar-refractivity contribution is 0.376. The van der Waals surface area contributed by atoms with E-state index in [-0.39, 0.29) is 0 Å². The number of nitrogens with zero attached hydrogens (tertiary/aromatic N) is 3. The summed E-state index contributed by atoms with van der Waals surface area (Å²) in [5.74, 6) is 0.768. The second-order valence-corrected chi connectivity index (χ2v) is 5.14. The highest BCUT2D eigenvalue weighted by atomic mass is 32.1. The van der Waals surface area contributed by atoms with Gasteiger partial charge in [0.1, 0.15) is 6.33 Å². The van der Waals surface area contributed by atoms with E-state index in [1.54, 1.807) is 6.33 Å². The summed E-state index contributed by atoms with van der Waals surface area (Å²) in [6.45, 7) is 6.76. The lowest BCUT2D eigenvalue weighted by atomic mass is 9.99. The number of hydrogen-bond donors (Lipinski definition) is 1. The molecule has 1 aromatic rings. The molecule has 90 valence electrons. The maximum Gasteiger partial charge on any atom is 0.204 e. The van der Waals surface area contributed by atoms with Crippen molar-refractivity contribution in [2.24, 2.45) is 5.92 Å². The van der Waals surface area contributed by atoms with Crippen LogP contribution in [0.4, 0.5) is 5.13 Å². The Labute approximate surface area is 101 Å². The van der Waals surface area contributed by atoms with Gasteiger partial charge in [-0.2, -0.15) is 4.37 Å². The molecule has 1 unspecified atom stereocenters. The zero-order valence-corrected chi connectivity index (χ0v) is 10.7. The Morgan fingerprint density at radius 2 is 2.56 bits per heavy atom. The van der Waals surface area contributed by atoms with Crippen molar-refractivity contribution in [3.63, 3.8) is 0 Å². The molecule has 0 saturated carbocycles. The van der Waals surface area contributed by atoms with Crippen molar-refractivity contribution in [3.05, 3.63) is 6.33 Å². The van der Waals surface area contributed by atoms with Crippen LogP contribution in [0, 0.1) is 5.92 Å². The van der Waals surface area contributed by atoms with Crippen LogP contribution in [0.1, 0.15) is 26.2 Å². The minimum Gasteiger partial charge on any atom is -0.347 e. The highest BCUT2D eigenvalue weighted by molar-refractivity contribution is 7.09. The molecule has 16 heavy (non-hydrogen) atoms. The first-order chi connectivity index (χ1) is 7.90. The Balaban J connectivity index is 1.91. The molecular weight excluding hydrogens is 220 g/mol. The van der Waals surface area contributed by atoms with Gasteiger partial charge >= 0.3 is 0 Å². The maximum absolute atomic E-state index is 4.31. The van der Waals surface area contributed by atoms with Crippen LogP contribution in [0.2, 0.25) is 0 Å². The molecule has 0 aliphatic carbocycles. The fourth-order valence-electron chi connectivity index (χ4n) is 2.23. The smallest absolute Gasteiger partial charge is 0.204 e. The lowest BCUT2D eigenvalue weighted by Gasteiger charge is -2.29. The van der Waals surface area contributed by atoms with Crippen LogP contribution in [-0.4, -0.2) is 35.5 Å². The minimum atomic E-state index is 0.768. The lowest BCUT2D eigenvalue weighted by Crippen LogP contribution is -2.38. The molecule has 0 bridgehead atoms. The predicted molar refractivity (Wildman–Crippen MR) is 68.0 cm³/mol. The molecule has 1 N–H and O–H groups in total. The molecule has 0 aromatic carbocycles. The van der Waals surface area contributed by atoms with E-state index in [9.17, 15) is 0 Å². The van der Waals surface area contributed by atoms with Gasteiger partial charge in [-0.25, -0.2) is 4.98 Å². The first kappa shape index (κ1) is 11.8. The highest BCUT2D eigenvalue weighted by Crippen LogP contribution is 2.19. The van der Waals surface area contributed by atoms with Crippen LogP contribution in [0.25, 0.3) is 0 Å². The Kier molecular flexibility index (Phi) is 4.54. The van der Waals surface area contributed by atoms with Crippen molar-refractivity contribution in [3.8, 4) is 0 Å². The van der Waals surface area contributed by atoms with Crippen molar-refractivity contribution in [2.45, 2.75) is 26.2 Å². The molecule has 1 aliphatic heterocycles. The molecule has 0 amide bonds. The van der Waals surface area contributed by atoms with E-state index in [2.05, 4.69) is 26.5 Å². The summed E-state index contributed by atoms with van der Waals surface area (Å²) in [6, 6.07) is 0. The number of aromatic nitrogens is 2. The van der Waals surface area contributed by atoms with E-state index in [4.69, 9.17) is 0 Å². The topological polar surface area (TPSA) is 41.0 Å². The average Bonchev–Trinajstić information content (AvgIpc) is 2.83. The largest absolute Gasteiger partial charge is 0.347 e. The molecular formula is C11H20N4S. The summed E-state index contributed by atoms with van der Waals surface area (Å²) in [6.07, 6.45) is 5.47. The molecule has 1 atom stereocenters. The van der Waals surface area contributed by atoms with E-state index < -0.39 is 0 Å². The van der Waals surface area contributed by atoms with Crippen molar-refractivity contribution >= 4 is 16.7 Å². The van der Waals surface area contributed by atoms with Gasteiger partial charge in [0.15, 0.2) is 0 Å². The Morgan fingerprint density at radius 3 is 3.19 bits per heavy atom. The van der Waals surface area contributed by atoms with Gasteiger partial charge in [0.25, 0.3) is 0 Å². The third-order valence-electron chi connectivity index (χ3n) is 2.99. The first-order valence-electron chi connectivity index (χ1n) is 6.12. The summed E-state index contributed by atoms with van der Waals surface area (Å²) in [5, 5.41) is 4.54. The van der Waals surface area contributed by atoms with Gasteiger partial charge in [0.2, 0.25) is 5.13 Å². The standard InChI is InChI=1S/C11H20N4S/c1-2-6-15(11-13-9-14-16-11)8-10-4-3-5-12-7-10/h9-10,12H,2-8H2,1H3. The monoisotopic (exact) mass is 240 g/mol. The van der Waals surface area contributed by atoms with Crippen LogP contribution in [0.3, 0.4) is 0 Å². The van der Waals surface area contributed by atoms with Crippen molar-refractivity contribution in [2.75, 3.05) is 31.1 Å². The Morgan fingerprint density at radius 1 is 1.62 bits per heavy atom. The summed E-state index contributed by atoms with van der Waals surface area (Å²) >= 11 is 1.50. The predicted octanol–water partition coefficient (Wildman–Crippen LogP) is 1.75.